The van der Waals surface area contributed by atoms with Crippen LogP contribution in [0, 0.1) is 17.8 Å². The number of ether oxygens (including phenoxy) is 1. The Labute approximate surface area is 127 Å². The highest BCUT2D eigenvalue weighted by Crippen LogP contribution is 2.34. The molecule has 0 aromatic carbocycles. The molecule has 3 atom stereocenters. The van der Waals surface area contributed by atoms with E-state index in [0.717, 1.165) is 43.3 Å². The van der Waals surface area contributed by atoms with Gasteiger partial charge in [0.25, 0.3) is 0 Å². The Morgan fingerprint density at radius 3 is 2.67 bits per heavy atom. The molecule has 0 N–H and O–H groups in total. The Morgan fingerprint density at radius 2 is 2.00 bits per heavy atom. The normalized spacial score (nSPS) is 35.0. The van der Waals surface area contributed by atoms with E-state index in [1.54, 1.807) is 6.33 Å². The zero-order chi connectivity index (χ0) is 14.8. The van der Waals surface area contributed by atoms with Crippen LogP contribution < -0.4 is 0 Å². The zero-order valence-corrected chi connectivity index (χ0v) is 13.5. The van der Waals surface area contributed by atoms with Gasteiger partial charge in [0.05, 0.1) is 6.61 Å². The van der Waals surface area contributed by atoms with Gasteiger partial charge in [-0.2, -0.15) is 0 Å². The minimum atomic E-state index is 0.0738. The number of hydrogen-bond acceptors (Lipinski definition) is 4. The quantitative estimate of drug-likeness (QED) is 0.857. The second kappa shape index (κ2) is 6.44. The lowest BCUT2D eigenvalue weighted by molar-refractivity contribution is -0.0431. The fraction of sp³-hybridized carbons (Fsp3) is 0.875. The van der Waals surface area contributed by atoms with Gasteiger partial charge in [-0.05, 0) is 37.0 Å². The number of rotatable bonds is 3. The molecule has 0 amide bonds. The van der Waals surface area contributed by atoms with E-state index in [2.05, 4.69) is 28.9 Å². The summed E-state index contributed by atoms with van der Waals surface area (Å²) in [6, 6.07) is 0. The summed E-state index contributed by atoms with van der Waals surface area (Å²) >= 11 is 0. The number of nitrogens with zero attached hydrogens (tertiary/aromatic N) is 4. The number of morpholine rings is 1. The maximum Gasteiger partial charge on any atom is 0.163 e. The molecule has 1 aromatic rings. The van der Waals surface area contributed by atoms with Gasteiger partial charge in [-0.25, -0.2) is 0 Å². The van der Waals surface area contributed by atoms with E-state index in [0.29, 0.717) is 0 Å². The standard InChI is InChI=1S/C16H28N4O/c1-12-6-13(2)8-14(7-12)9-20-4-5-21-15(10-20)16-18-17-11-19(16)3/h11-15H,4-10H2,1-3H3. The third-order valence-electron chi connectivity index (χ3n) is 4.98. The molecule has 0 bridgehead atoms. The smallest absolute Gasteiger partial charge is 0.163 e. The molecule has 5 heteroatoms. The highest BCUT2D eigenvalue weighted by Gasteiger charge is 2.29. The van der Waals surface area contributed by atoms with Crippen LogP contribution in [0.2, 0.25) is 0 Å². The molecule has 118 valence electrons. The molecule has 1 saturated heterocycles. The van der Waals surface area contributed by atoms with Gasteiger partial charge in [-0.3, -0.25) is 4.90 Å². The number of aromatic nitrogens is 3. The van der Waals surface area contributed by atoms with Gasteiger partial charge in [0.1, 0.15) is 12.4 Å². The van der Waals surface area contributed by atoms with E-state index in [9.17, 15) is 0 Å². The summed E-state index contributed by atoms with van der Waals surface area (Å²) < 4.78 is 7.87. The van der Waals surface area contributed by atoms with E-state index in [1.807, 2.05) is 11.6 Å². The van der Waals surface area contributed by atoms with Crippen LogP contribution in [0.3, 0.4) is 0 Å². The van der Waals surface area contributed by atoms with Crippen molar-refractivity contribution in [1.29, 1.82) is 0 Å². The molecule has 3 unspecified atom stereocenters. The van der Waals surface area contributed by atoms with Crippen molar-refractivity contribution < 1.29 is 4.74 Å². The number of hydrogen-bond donors (Lipinski definition) is 0. The predicted molar refractivity (Wildman–Crippen MR) is 81.8 cm³/mol. The lowest BCUT2D eigenvalue weighted by Crippen LogP contribution is -2.42. The average molecular weight is 292 g/mol. The topological polar surface area (TPSA) is 43.2 Å². The second-order valence-electron chi connectivity index (χ2n) is 7.20. The van der Waals surface area contributed by atoms with E-state index in [-0.39, 0.29) is 6.10 Å². The Morgan fingerprint density at radius 1 is 1.24 bits per heavy atom. The summed E-state index contributed by atoms with van der Waals surface area (Å²) in [6.45, 7) is 8.83. The van der Waals surface area contributed by atoms with Crippen LogP contribution in [0.1, 0.15) is 45.0 Å². The SMILES string of the molecule is CC1CC(C)CC(CN2CCOC(c3nncn3C)C2)C1. The average Bonchev–Trinajstić information content (AvgIpc) is 2.84. The Balaban J connectivity index is 1.58. The molecule has 1 saturated carbocycles. The zero-order valence-electron chi connectivity index (χ0n) is 13.5. The van der Waals surface area contributed by atoms with Crippen LogP contribution in [-0.2, 0) is 11.8 Å². The first-order valence-electron chi connectivity index (χ1n) is 8.29. The first-order chi connectivity index (χ1) is 10.1. The first kappa shape index (κ1) is 15.0. The van der Waals surface area contributed by atoms with Gasteiger partial charge in [0, 0.05) is 26.7 Å². The van der Waals surface area contributed by atoms with Crippen molar-refractivity contribution in [3.63, 3.8) is 0 Å². The second-order valence-corrected chi connectivity index (χ2v) is 7.20. The van der Waals surface area contributed by atoms with E-state index < -0.39 is 0 Å². The summed E-state index contributed by atoms with van der Waals surface area (Å²) in [5.41, 5.74) is 0. The van der Waals surface area contributed by atoms with Crippen LogP contribution in [0.25, 0.3) is 0 Å². The van der Waals surface area contributed by atoms with Crippen LogP contribution in [0.5, 0.6) is 0 Å². The van der Waals surface area contributed by atoms with E-state index >= 15 is 0 Å². The summed E-state index contributed by atoms with van der Waals surface area (Å²) in [6.07, 6.45) is 6.00. The molecule has 1 aliphatic carbocycles. The minimum absolute atomic E-state index is 0.0738. The lowest BCUT2D eigenvalue weighted by Gasteiger charge is -2.38. The Hall–Kier alpha value is -0.940. The summed E-state index contributed by atoms with van der Waals surface area (Å²) in [5, 5.41) is 8.18. The summed E-state index contributed by atoms with van der Waals surface area (Å²) in [4.78, 5) is 2.57. The largest absolute Gasteiger partial charge is 0.368 e. The fourth-order valence-electron chi connectivity index (χ4n) is 4.24. The van der Waals surface area contributed by atoms with Gasteiger partial charge >= 0.3 is 0 Å². The van der Waals surface area contributed by atoms with E-state index in [1.165, 1.54) is 25.8 Å². The minimum Gasteiger partial charge on any atom is -0.368 e. The maximum atomic E-state index is 5.90. The summed E-state index contributed by atoms with van der Waals surface area (Å²) in [5.74, 6) is 3.57. The third-order valence-corrected chi connectivity index (χ3v) is 4.98. The van der Waals surface area contributed by atoms with Gasteiger partial charge in [0.2, 0.25) is 0 Å². The Bertz CT molecular complexity index is 451. The van der Waals surface area contributed by atoms with Crippen molar-refractivity contribution in [1.82, 2.24) is 19.7 Å². The van der Waals surface area contributed by atoms with Crippen LogP contribution in [0.15, 0.2) is 6.33 Å². The van der Waals surface area contributed by atoms with Crippen molar-refractivity contribution >= 4 is 0 Å². The van der Waals surface area contributed by atoms with Crippen molar-refractivity contribution in [2.75, 3.05) is 26.2 Å². The molecule has 2 aliphatic rings. The van der Waals surface area contributed by atoms with E-state index in [4.69, 9.17) is 4.74 Å². The third kappa shape index (κ3) is 3.64. The molecule has 0 radical (unpaired) electrons. The molecule has 0 spiro atoms. The molecular weight excluding hydrogens is 264 g/mol. The highest BCUT2D eigenvalue weighted by atomic mass is 16.5. The Kier molecular flexibility index (Phi) is 4.60. The monoisotopic (exact) mass is 292 g/mol. The molecule has 1 aromatic heterocycles. The van der Waals surface area contributed by atoms with Crippen molar-refractivity contribution in [3.05, 3.63) is 12.2 Å². The fourth-order valence-corrected chi connectivity index (χ4v) is 4.24. The molecule has 5 nitrogen and oxygen atoms in total. The van der Waals surface area contributed by atoms with Gasteiger partial charge in [-0.15, -0.1) is 10.2 Å². The molecule has 3 rings (SSSR count). The van der Waals surface area contributed by atoms with Crippen LogP contribution in [0.4, 0.5) is 0 Å². The van der Waals surface area contributed by atoms with Crippen LogP contribution in [-0.4, -0.2) is 45.9 Å². The molecule has 21 heavy (non-hydrogen) atoms. The van der Waals surface area contributed by atoms with Crippen molar-refractivity contribution in [3.8, 4) is 0 Å². The summed E-state index contributed by atoms with van der Waals surface area (Å²) in [7, 11) is 1.99. The predicted octanol–water partition coefficient (Wildman–Crippen LogP) is 2.26. The van der Waals surface area contributed by atoms with Crippen LogP contribution >= 0.6 is 0 Å². The molecule has 1 aliphatic heterocycles. The van der Waals surface area contributed by atoms with Crippen molar-refractivity contribution in [2.45, 2.75) is 39.2 Å². The van der Waals surface area contributed by atoms with Gasteiger partial charge in [0.15, 0.2) is 5.82 Å². The number of aryl methyl sites for hydroxylation is 1. The first-order valence-corrected chi connectivity index (χ1v) is 8.29. The molecule has 2 fully saturated rings. The van der Waals surface area contributed by atoms with Gasteiger partial charge in [-0.1, -0.05) is 13.8 Å². The molecular formula is C16H28N4O. The lowest BCUT2D eigenvalue weighted by atomic mass is 9.76. The van der Waals surface area contributed by atoms with Crippen molar-refractivity contribution in [2.24, 2.45) is 24.8 Å². The maximum absolute atomic E-state index is 5.90. The molecule has 2 heterocycles. The highest BCUT2D eigenvalue weighted by molar-refractivity contribution is 4.94. The van der Waals surface area contributed by atoms with Gasteiger partial charge < -0.3 is 9.30 Å².